The van der Waals surface area contributed by atoms with Gasteiger partial charge in [-0.1, -0.05) is 44.0 Å². The minimum Gasteiger partial charge on any atom is -0.369 e. The van der Waals surface area contributed by atoms with E-state index in [0.29, 0.717) is 37.5 Å². The number of hydrogen-bond donors (Lipinski definition) is 2. The van der Waals surface area contributed by atoms with Gasteiger partial charge in [-0.25, -0.2) is 0 Å². The predicted molar refractivity (Wildman–Crippen MR) is 108 cm³/mol. The van der Waals surface area contributed by atoms with Crippen LogP contribution in [0.4, 0.5) is 0 Å². The highest BCUT2D eigenvalue weighted by Gasteiger charge is 2.44. The van der Waals surface area contributed by atoms with Gasteiger partial charge in [-0.3, -0.25) is 14.7 Å². The number of carbonyl (C=O) groups is 2. The Bertz CT molecular complexity index is 859. The Kier molecular flexibility index (Phi) is 4.96. The molecule has 2 amide bonds. The number of likely N-dealkylation sites (tertiary alicyclic amines) is 1. The van der Waals surface area contributed by atoms with E-state index in [-0.39, 0.29) is 11.8 Å². The van der Waals surface area contributed by atoms with Crippen molar-refractivity contribution in [2.45, 2.75) is 45.4 Å². The molecule has 3 N–H and O–H groups in total. The van der Waals surface area contributed by atoms with E-state index in [1.807, 2.05) is 23.1 Å². The second kappa shape index (κ2) is 7.41. The molecular formula is C22H28N4O2. The molecule has 148 valence electrons. The minimum atomic E-state index is -0.432. The highest BCUT2D eigenvalue weighted by Crippen LogP contribution is 2.45. The second-order valence-electron chi connectivity index (χ2n) is 8.30. The number of carbonyl (C=O) groups excluding carboxylic acids is 2. The van der Waals surface area contributed by atoms with E-state index in [2.05, 4.69) is 29.3 Å². The molecule has 0 unspecified atom stereocenters. The summed E-state index contributed by atoms with van der Waals surface area (Å²) < 4.78 is 0. The fraction of sp³-hybridized carbons (Fsp3) is 0.500. The smallest absolute Gasteiger partial charge is 0.271 e. The number of nitrogens with two attached hydrogens (primary N) is 1. The summed E-state index contributed by atoms with van der Waals surface area (Å²) in [6.07, 6.45) is 5.59. The SMILES string of the molecule is CCc1ccc(-c2cc(C(=O)N3CCC(CC4CC4)(C(N)=O)CC3)[nH]n2)cc1. The molecule has 1 aliphatic heterocycles. The largest absolute Gasteiger partial charge is 0.369 e. The molecule has 1 aliphatic carbocycles. The van der Waals surface area contributed by atoms with Gasteiger partial charge < -0.3 is 10.6 Å². The van der Waals surface area contributed by atoms with Crippen LogP contribution in [0.3, 0.4) is 0 Å². The zero-order valence-electron chi connectivity index (χ0n) is 16.4. The third-order valence-corrected chi connectivity index (χ3v) is 6.37. The molecule has 0 radical (unpaired) electrons. The van der Waals surface area contributed by atoms with E-state index in [1.54, 1.807) is 0 Å². The second-order valence-corrected chi connectivity index (χ2v) is 8.30. The molecule has 2 fully saturated rings. The van der Waals surface area contributed by atoms with Crippen LogP contribution in [0.15, 0.2) is 30.3 Å². The van der Waals surface area contributed by atoms with Gasteiger partial charge in [-0.05, 0) is 43.2 Å². The molecular weight excluding hydrogens is 352 g/mol. The third-order valence-electron chi connectivity index (χ3n) is 6.37. The van der Waals surface area contributed by atoms with Gasteiger partial charge in [0.1, 0.15) is 5.69 Å². The number of hydrogen-bond acceptors (Lipinski definition) is 3. The molecule has 2 aromatic rings. The highest BCUT2D eigenvalue weighted by atomic mass is 16.2. The number of aryl methyl sites for hydroxylation is 1. The summed E-state index contributed by atoms with van der Waals surface area (Å²) in [6, 6.07) is 10.0. The Labute approximate surface area is 165 Å². The van der Waals surface area contributed by atoms with Gasteiger partial charge in [0.25, 0.3) is 5.91 Å². The Balaban J connectivity index is 1.42. The molecule has 28 heavy (non-hydrogen) atoms. The number of nitrogens with zero attached hydrogens (tertiary/aromatic N) is 2. The number of nitrogens with one attached hydrogen (secondary N) is 1. The van der Waals surface area contributed by atoms with E-state index >= 15 is 0 Å². The lowest BCUT2D eigenvalue weighted by Crippen LogP contribution is -2.49. The molecule has 0 spiro atoms. The third kappa shape index (κ3) is 3.68. The van der Waals surface area contributed by atoms with Crippen LogP contribution < -0.4 is 5.73 Å². The highest BCUT2D eigenvalue weighted by molar-refractivity contribution is 5.93. The lowest BCUT2D eigenvalue weighted by molar-refractivity contribution is -0.131. The number of piperidine rings is 1. The average molecular weight is 380 g/mol. The van der Waals surface area contributed by atoms with Crippen LogP contribution in [0, 0.1) is 11.3 Å². The quantitative estimate of drug-likeness (QED) is 0.806. The van der Waals surface area contributed by atoms with Crippen molar-refractivity contribution < 1.29 is 9.59 Å². The van der Waals surface area contributed by atoms with Crippen LogP contribution in [0.2, 0.25) is 0 Å². The Morgan fingerprint density at radius 1 is 1.21 bits per heavy atom. The summed E-state index contributed by atoms with van der Waals surface area (Å²) in [7, 11) is 0. The number of H-pyrrole nitrogens is 1. The lowest BCUT2D eigenvalue weighted by atomic mass is 9.73. The van der Waals surface area contributed by atoms with Crippen molar-refractivity contribution >= 4 is 11.8 Å². The summed E-state index contributed by atoms with van der Waals surface area (Å²) in [5, 5.41) is 7.20. The van der Waals surface area contributed by atoms with Crippen LogP contribution in [0.25, 0.3) is 11.3 Å². The number of amides is 2. The summed E-state index contributed by atoms with van der Waals surface area (Å²) in [5.74, 6) is 0.378. The maximum atomic E-state index is 12.9. The first-order valence-corrected chi connectivity index (χ1v) is 10.2. The van der Waals surface area contributed by atoms with Crippen molar-refractivity contribution in [2.24, 2.45) is 17.1 Å². The monoisotopic (exact) mass is 380 g/mol. The van der Waals surface area contributed by atoms with Crippen molar-refractivity contribution in [3.63, 3.8) is 0 Å². The molecule has 0 bridgehead atoms. The predicted octanol–water partition coefficient (Wildman–Crippen LogP) is 3.15. The van der Waals surface area contributed by atoms with Crippen LogP contribution in [0.1, 0.15) is 55.1 Å². The summed E-state index contributed by atoms with van der Waals surface area (Å²) in [6.45, 7) is 3.25. The molecule has 1 saturated carbocycles. The van der Waals surface area contributed by atoms with Gasteiger partial charge in [0.2, 0.25) is 5.91 Å². The van der Waals surface area contributed by atoms with Crippen molar-refractivity contribution in [3.8, 4) is 11.3 Å². The van der Waals surface area contributed by atoms with E-state index < -0.39 is 5.41 Å². The van der Waals surface area contributed by atoms with Gasteiger partial charge in [0.15, 0.2) is 0 Å². The standard InChI is InChI=1S/C22H28N4O2/c1-2-15-5-7-17(8-6-15)18-13-19(25-24-18)20(27)26-11-9-22(10-12-26,21(23)28)14-16-3-4-16/h5-8,13,16H,2-4,9-12,14H2,1H3,(H2,23,28)(H,24,25). The van der Waals surface area contributed by atoms with Crippen LogP contribution in [0.5, 0.6) is 0 Å². The molecule has 0 atom stereocenters. The molecule has 1 saturated heterocycles. The lowest BCUT2D eigenvalue weighted by Gasteiger charge is -2.39. The molecule has 6 heteroatoms. The summed E-state index contributed by atoms with van der Waals surface area (Å²) in [4.78, 5) is 26.8. The minimum absolute atomic E-state index is 0.0616. The molecule has 1 aromatic heterocycles. The van der Waals surface area contributed by atoms with E-state index in [1.165, 1.54) is 18.4 Å². The van der Waals surface area contributed by atoms with E-state index in [4.69, 9.17) is 5.73 Å². The van der Waals surface area contributed by atoms with Gasteiger partial charge in [-0.15, -0.1) is 0 Å². The van der Waals surface area contributed by atoms with Gasteiger partial charge in [-0.2, -0.15) is 5.10 Å². The maximum Gasteiger partial charge on any atom is 0.271 e. The van der Waals surface area contributed by atoms with Crippen LogP contribution >= 0.6 is 0 Å². The summed E-state index contributed by atoms with van der Waals surface area (Å²) in [5.41, 5.74) is 8.82. The molecule has 2 aliphatic rings. The fourth-order valence-electron chi connectivity index (χ4n) is 4.22. The van der Waals surface area contributed by atoms with Crippen LogP contribution in [-0.2, 0) is 11.2 Å². The zero-order chi connectivity index (χ0) is 19.7. The first-order chi connectivity index (χ1) is 13.5. The van der Waals surface area contributed by atoms with Crippen molar-refractivity contribution in [3.05, 3.63) is 41.6 Å². The van der Waals surface area contributed by atoms with Crippen LogP contribution in [-0.4, -0.2) is 40.0 Å². The number of benzene rings is 1. The average Bonchev–Trinajstić information content (AvgIpc) is 3.39. The topological polar surface area (TPSA) is 92.1 Å². The van der Waals surface area contributed by atoms with Gasteiger partial charge in [0.05, 0.1) is 11.1 Å². The Morgan fingerprint density at radius 3 is 2.46 bits per heavy atom. The normalized spacial score (nSPS) is 18.8. The van der Waals surface area contributed by atoms with Crippen molar-refractivity contribution in [2.75, 3.05) is 13.1 Å². The molecule has 4 rings (SSSR count). The van der Waals surface area contributed by atoms with Crippen molar-refractivity contribution in [1.29, 1.82) is 0 Å². The Hall–Kier alpha value is -2.63. The van der Waals surface area contributed by atoms with E-state index in [0.717, 1.165) is 24.1 Å². The number of aromatic nitrogens is 2. The fourth-order valence-corrected chi connectivity index (χ4v) is 4.22. The molecule has 1 aromatic carbocycles. The first kappa shape index (κ1) is 18.7. The summed E-state index contributed by atoms with van der Waals surface area (Å²) >= 11 is 0. The van der Waals surface area contributed by atoms with E-state index in [9.17, 15) is 9.59 Å². The first-order valence-electron chi connectivity index (χ1n) is 10.2. The zero-order valence-corrected chi connectivity index (χ0v) is 16.4. The number of aromatic amines is 1. The number of rotatable bonds is 6. The Morgan fingerprint density at radius 2 is 1.89 bits per heavy atom. The molecule has 6 nitrogen and oxygen atoms in total. The van der Waals surface area contributed by atoms with Gasteiger partial charge >= 0.3 is 0 Å². The maximum absolute atomic E-state index is 12.9. The van der Waals surface area contributed by atoms with Crippen molar-refractivity contribution in [1.82, 2.24) is 15.1 Å². The van der Waals surface area contributed by atoms with Gasteiger partial charge in [0, 0.05) is 18.7 Å². The number of primary amides is 1. The molecule has 2 heterocycles.